The fraction of sp³-hybridized carbons (Fsp3) is 0.571. The molecule has 0 spiro atoms. The third-order valence-electron chi connectivity index (χ3n) is 3.69. The zero-order valence-corrected chi connectivity index (χ0v) is 11.6. The van der Waals surface area contributed by atoms with Gasteiger partial charge in [-0.15, -0.1) is 0 Å². The molecule has 2 heterocycles. The summed E-state index contributed by atoms with van der Waals surface area (Å²) in [6.07, 6.45) is 3.13. The molecule has 0 radical (unpaired) electrons. The Labute approximate surface area is 114 Å². The van der Waals surface area contributed by atoms with Gasteiger partial charge in [-0.2, -0.15) is 0 Å². The summed E-state index contributed by atoms with van der Waals surface area (Å²) in [6.45, 7) is 3.80. The third-order valence-corrected chi connectivity index (χ3v) is 3.69. The van der Waals surface area contributed by atoms with E-state index < -0.39 is 0 Å². The fourth-order valence-corrected chi connectivity index (χ4v) is 2.47. The van der Waals surface area contributed by atoms with E-state index in [4.69, 9.17) is 5.73 Å². The molecule has 1 unspecified atom stereocenters. The lowest BCUT2D eigenvalue weighted by Crippen LogP contribution is -2.38. The van der Waals surface area contributed by atoms with Gasteiger partial charge >= 0.3 is 0 Å². The molecule has 1 aromatic rings. The summed E-state index contributed by atoms with van der Waals surface area (Å²) < 4.78 is 0. The highest BCUT2D eigenvalue weighted by Gasteiger charge is 2.21. The summed E-state index contributed by atoms with van der Waals surface area (Å²) in [5.41, 5.74) is 7.17. The molecule has 3 N–H and O–H groups in total. The first-order valence-corrected chi connectivity index (χ1v) is 6.85. The number of nitrogens with one attached hydrogen (secondary N) is 1. The van der Waals surface area contributed by atoms with Crippen LogP contribution in [-0.2, 0) is 6.42 Å². The topological polar surface area (TPSA) is 71.2 Å². The van der Waals surface area contributed by atoms with Crippen LogP contribution in [0.1, 0.15) is 35.8 Å². The Morgan fingerprint density at radius 2 is 2.37 bits per heavy atom. The Balaban J connectivity index is 1.97. The maximum Gasteiger partial charge on any atom is 0.251 e. The second-order valence-corrected chi connectivity index (χ2v) is 5.11. The van der Waals surface area contributed by atoms with Crippen LogP contribution in [0.5, 0.6) is 0 Å². The summed E-state index contributed by atoms with van der Waals surface area (Å²) in [6, 6.07) is 3.89. The largest absolute Gasteiger partial charge is 0.384 e. The van der Waals surface area contributed by atoms with E-state index in [1.54, 1.807) is 6.07 Å². The van der Waals surface area contributed by atoms with Crippen molar-refractivity contribution in [2.24, 2.45) is 0 Å². The van der Waals surface area contributed by atoms with E-state index in [0.717, 1.165) is 25.1 Å². The van der Waals surface area contributed by atoms with E-state index in [2.05, 4.69) is 22.2 Å². The number of likely N-dealkylation sites (N-methyl/N-ethyl adjacent to an activating group) is 1. The van der Waals surface area contributed by atoms with Crippen molar-refractivity contribution < 1.29 is 4.79 Å². The van der Waals surface area contributed by atoms with Crippen LogP contribution in [0.15, 0.2) is 12.1 Å². The van der Waals surface area contributed by atoms with Crippen LogP contribution in [0.3, 0.4) is 0 Å². The molecule has 0 saturated carbocycles. The molecule has 1 fully saturated rings. The number of pyridine rings is 1. The van der Waals surface area contributed by atoms with Crippen molar-refractivity contribution in [2.45, 2.75) is 32.2 Å². The number of aromatic nitrogens is 1. The minimum atomic E-state index is -0.0656. The number of carbonyl (C=O) groups excluding carboxylic acids is 1. The number of nitrogen functional groups attached to an aromatic ring is 1. The standard InChI is InChI=1S/C14H22N4O/c1-3-11-7-10(8-13(15)17-11)14(19)16-9-12-5-4-6-18(12)2/h7-8,12H,3-6,9H2,1-2H3,(H2,15,17)(H,16,19). The number of hydrogen-bond donors (Lipinski definition) is 2. The predicted molar refractivity (Wildman–Crippen MR) is 76.0 cm³/mol. The van der Waals surface area contributed by atoms with Crippen LogP contribution in [-0.4, -0.2) is 42.0 Å². The van der Waals surface area contributed by atoms with Gasteiger partial charge in [0, 0.05) is 23.8 Å². The lowest BCUT2D eigenvalue weighted by atomic mass is 10.1. The average Bonchev–Trinajstić information content (AvgIpc) is 2.80. The average molecular weight is 262 g/mol. The number of nitrogens with zero attached hydrogens (tertiary/aromatic N) is 2. The molecule has 0 bridgehead atoms. The number of nitrogens with two attached hydrogens (primary N) is 1. The van der Waals surface area contributed by atoms with Crippen molar-refractivity contribution in [2.75, 3.05) is 25.9 Å². The number of likely N-dealkylation sites (tertiary alicyclic amines) is 1. The van der Waals surface area contributed by atoms with Crippen LogP contribution in [0, 0.1) is 0 Å². The summed E-state index contributed by atoms with van der Waals surface area (Å²) in [5, 5.41) is 2.99. The Bertz CT molecular complexity index is 461. The zero-order valence-electron chi connectivity index (χ0n) is 11.6. The lowest BCUT2D eigenvalue weighted by molar-refractivity contribution is 0.0943. The van der Waals surface area contributed by atoms with Crippen molar-refractivity contribution in [3.63, 3.8) is 0 Å². The maximum absolute atomic E-state index is 12.1. The highest BCUT2D eigenvalue weighted by Crippen LogP contribution is 2.14. The summed E-state index contributed by atoms with van der Waals surface area (Å²) in [4.78, 5) is 18.6. The molecule has 19 heavy (non-hydrogen) atoms. The number of amides is 1. The summed E-state index contributed by atoms with van der Waals surface area (Å²) in [5.74, 6) is 0.339. The Hall–Kier alpha value is -1.62. The molecular weight excluding hydrogens is 240 g/mol. The molecule has 5 heteroatoms. The summed E-state index contributed by atoms with van der Waals surface area (Å²) >= 11 is 0. The Kier molecular flexibility index (Phi) is 4.37. The molecule has 2 rings (SSSR count). The first-order valence-electron chi connectivity index (χ1n) is 6.85. The highest BCUT2D eigenvalue weighted by atomic mass is 16.1. The SMILES string of the molecule is CCc1cc(C(=O)NCC2CCCN2C)cc(N)n1. The normalized spacial score (nSPS) is 19.6. The van der Waals surface area contributed by atoms with Gasteiger partial charge in [0.2, 0.25) is 0 Å². The van der Waals surface area contributed by atoms with Gasteiger partial charge in [-0.3, -0.25) is 4.79 Å². The van der Waals surface area contributed by atoms with E-state index in [9.17, 15) is 4.79 Å². The Morgan fingerprint density at radius 1 is 1.58 bits per heavy atom. The molecule has 104 valence electrons. The maximum atomic E-state index is 12.1. The molecule has 1 aliphatic rings. The van der Waals surface area contributed by atoms with Crippen LogP contribution in [0.25, 0.3) is 0 Å². The first-order chi connectivity index (χ1) is 9.10. The highest BCUT2D eigenvalue weighted by molar-refractivity contribution is 5.94. The number of anilines is 1. The van der Waals surface area contributed by atoms with Gasteiger partial charge in [0.1, 0.15) is 5.82 Å². The molecule has 1 amide bonds. The van der Waals surface area contributed by atoms with Crippen molar-refractivity contribution in [1.82, 2.24) is 15.2 Å². The third kappa shape index (κ3) is 3.44. The molecule has 5 nitrogen and oxygen atoms in total. The smallest absolute Gasteiger partial charge is 0.251 e. The van der Waals surface area contributed by atoms with Crippen LogP contribution >= 0.6 is 0 Å². The quantitative estimate of drug-likeness (QED) is 0.851. The van der Waals surface area contributed by atoms with Crippen LogP contribution in [0.4, 0.5) is 5.82 Å². The molecule has 0 aromatic carbocycles. The van der Waals surface area contributed by atoms with Crippen molar-refractivity contribution >= 4 is 11.7 Å². The second-order valence-electron chi connectivity index (χ2n) is 5.11. The second kappa shape index (κ2) is 6.02. The van der Waals surface area contributed by atoms with E-state index in [1.807, 2.05) is 13.0 Å². The van der Waals surface area contributed by atoms with E-state index in [0.29, 0.717) is 24.0 Å². The van der Waals surface area contributed by atoms with Crippen molar-refractivity contribution in [3.05, 3.63) is 23.4 Å². The lowest BCUT2D eigenvalue weighted by Gasteiger charge is -2.19. The molecule has 1 aromatic heterocycles. The predicted octanol–water partition coefficient (Wildman–Crippen LogP) is 1.05. The summed E-state index contributed by atoms with van der Waals surface area (Å²) in [7, 11) is 2.10. The molecule has 1 atom stereocenters. The Morgan fingerprint density at radius 3 is 3.00 bits per heavy atom. The number of rotatable bonds is 4. The van der Waals surface area contributed by atoms with Gasteiger partial charge in [0.05, 0.1) is 0 Å². The van der Waals surface area contributed by atoms with Gasteiger partial charge in [-0.05, 0) is 45.0 Å². The minimum Gasteiger partial charge on any atom is -0.384 e. The van der Waals surface area contributed by atoms with E-state index in [1.165, 1.54) is 6.42 Å². The number of aryl methyl sites for hydroxylation is 1. The fourth-order valence-electron chi connectivity index (χ4n) is 2.47. The molecule has 1 aliphatic heterocycles. The van der Waals surface area contributed by atoms with E-state index in [-0.39, 0.29) is 5.91 Å². The number of hydrogen-bond acceptors (Lipinski definition) is 4. The first kappa shape index (κ1) is 13.8. The van der Waals surface area contributed by atoms with E-state index >= 15 is 0 Å². The molecular formula is C14H22N4O. The van der Waals surface area contributed by atoms with Gasteiger partial charge in [0.25, 0.3) is 5.91 Å². The van der Waals surface area contributed by atoms with Crippen LogP contribution < -0.4 is 11.1 Å². The monoisotopic (exact) mass is 262 g/mol. The molecule has 0 aliphatic carbocycles. The van der Waals surface area contributed by atoms with Crippen molar-refractivity contribution in [3.8, 4) is 0 Å². The van der Waals surface area contributed by atoms with Gasteiger partial charge in [0.15, 0.2) is 0 Å². The number of carbonyl (C=O) groups is 1. The van der Waals surface area contributed by atoms with Crippen LogP contribution in [0.2, 0.25) is 0 Å². The van der Waals surface area contributed by atoms with Gasteiger partial charge in [-0.1, -0.05) is 6.92 Å². The zero-order chi connectivity index (χ0) is 13.8. The minimum absolute atomic E-state index is 0.0656. The molecule has 1 saturated heterocycles. The van der Waals surface area contributed by atoms with Crippen molar-refractivity contribution in [1.29, 1.82) is 0 Å². The van der Waals surface area contributed by atoms with Gasteiger partial charge < -0.3 is 16.0 Å². The van der Waals surface area contributed by atoms with Gasteiger partial charge in [-0.25, -0.2) is 4.98 Å².